The molecule has 0 spiro atoms. The average Bonchev–Trinajstić information content (AvgIpc) is 3.65. The van der Waals surface area contributed by atoms with Crippen LogP contribution in [0.5, 0.6) is 17.2 Å². The topological polar surface area (TPSA) is 63.9 Å². The summed E-state index contributed by atoms with van der Waals surface area (Å²) in [6.07, 6.45) is 4.83. The predicted molar refractivity (Wildman–Crippen MR) is 274 cm³/mol. The summed E-state index contributed by atoms with van der Waals surface area (Å²) in [6.45, 7) is 4.14. The molecule has 11 rings (SSSR count). The summed E-state index contributed by atoms with van der Waals surface area (Å²) in [6, 6.07) is 70.7. The molecule has 10 aromatic rings. The van der Waals surface area contributed by atoms with Crippen molar-refractivity contribution in [3.8, 4) is 39.5 Å². The molecule has 0 atom stereocenters. The summed E-state index contributed by atoms with van der Waals surface area (Å²) in [4.78, 5) is 1.87. The number of nitrogens with zero attached hydrogens (tertiary/aromatic N) is 1. The Morgan fingerprint density at radius 1 is 0.470 bits per heavy atom. The van der Waals surface area contributed by atoms with E-state index in [2.05, 4.69) is 166 Å². The lowest BCUT2D eigenvalue weighted by Gasteiger charge is -2.36. The first-order valence-corrected chi connectivity index (χ1v) is 22.6. The summed E-state index contributed by atoms with van der Waals surface area (Å²) in [5, 5.41) is 45.5. The van der Waals surface area contributed by atoms with Gasteiger partial charge < -0.3 is 20.2 Å². The van der Waals surface area contributed by atoms with Crippen molar-refractivity contribution < 1.29 is 15.3 Å². The molecule has 0 aliphatic heterocycles. The second kappa shape index (κ2) is 16.3. The maximum atomic E-state index is 13.4. The van der Waals surface area contributed by atoms with Crippen molar-refractivity contribution in [2.24, 2.45) is 0 Å². The zero-order valence-corrected chi connectivity index (χ0v) is 36.8. The van der Waals surface area contributed by atoms with Crippen LogP contribution in [0.1, 0.15) is 42.5 Å². The lowest BCUT2D eigenvalue weighted by molar-refractivity contribution is 0.394. The summed E-state index contributed by atoms with van der Waals surface area (Å²) < 4.78 is 0. The molecule has 0 aromatic heterocycles. The molecule has 0 bridgehead atoms. The number of phenolic OH excluding ortho intramolecular Hbond substituents is 3. The third kappa shape index (κ3) is 6.29. The number of hydrogen-bond donors (Lipinski definition) is 3. The molecule has 66 heavy (non-hydrogen) atoms. The van der Waals surface area contributed by atoms with Crippen LogP contribution in [0.25, 0.3) is 60.1 Å². The molecule has 0 amide bonds. The van der Waals surface area contributed by atoms with E-state index in [0.29, 0.717) is 22.5 Å². The number of rotatable bonds is 9. The van der Waals surface area contributed by atoms with Crippen molar-refractivity contribution in [1.82, 2.24) is 0 Å². The number of hydrogen-bond acceptors (Lipinski definition) is 4. The summed E-state index contributed by atoms with van der Waals surface area (Å²) in [7, 11) is 0. The van der Waals surface area contributed by atoms with Gasteiger partial charge in [-0.25, -0.2) is 0 Å². The molecule has 1 aliphatic rings. The highest BCUT2D eigenvalue weighted by Gasteiger charge is 2.50. The number of fused-ring (bicyclic) bond motifs is 5. The molecule has 0 unspecified atom stereocenters. The van der Waals surface area contributed by atoms with Gasteiger partial charge in [0.2, 0.25) is 0 Å². The van der Waals surface area contributed by atoms with Crippen LogP contribution in [0.3, 0.4) is 0 Å². The second-order valence-corrected chi connectivity index (χ2v) is 17.1. The normalized spacial score (nSPS) is 13.2. The van der Waals surface area contributed by atoms with Crippen LogP contribution < -0.4 is 4.90 Å². The number of phenols is 3. The van der Waals surface area contributed by atoms with Gasteiger partial charge in [0.1, 0.15) is 11.4 Å². The minimum Gasteiger partial charge on any atom is -0.505 e. The lowest BCUT2D eigenvalue weighted by atomic mass is 9.67. The molecule has 0 saturated heterocycles. The van der Waals surface area contributed by atoms with Crippen molar-refractivity contribution in [1.29, 1.82) is 0 Å². The number of aromatic hydroxyl groups is 3. The molecule has 1 aliphatic carbocycles. The quantitative estimate of drug-likeness (QED) is 0.0769. The highest BCUT2D eigenvalue weighted by atomic mass is 16.3. The highest BCUT2D eigenvalue weighted by Crippen LogP contribution is 2.65. The molecular weight excluding hydrogens is 807 g/mol. The number of allylic oxidation sites excluding steroid dienone is 4. The van der Waals surface area contributed by atoms with E-state index < -0.39 is 11.2 Å². The largest absolute Gasteiger partial charge is 0.505 e. The Morgan fingerprint density at radius 2 is 0.985 bits per heavy atom. The van der Waals surface area contributed by atoms with Crippen molar-refractivity contribution >= 4 is 55.0 Å². The molecule has 3 N–H and O–H groups in total. The standard InChI is InChI=1S/C62H47NO3/c1-3-4-25-49-40(2)62(45-21-7-5-8-22-45,46-23-9-6-10-24-46)57-56(49)59(64)61(66)58(60(57)65)63(47-35-31-42(32-36-47)51-30-17-20-41-18-11-13-26-50(41)51)48-37-33-43(34-38-48)55-39-44-19-12-14-27-52(44)53-28-15-16-29-54(53)55/h4-39,64-66H,3H2,1-2H3/b25-4-. The molecule has 318 valence electrons. The molecule has 10 aromatic carbocycles. The third-order valence-electron chi connectivity index (χ3n) is 13.6. The van der Waals surface area contributed by atoms with Crippen LogP contribution in [0.15, 0.2) is 224 Å². The van der Waals surface area contributed by atoms with Crippen LogP contribution in [-0.4, -0.2) is 15.3 Å². The van der Waals surface area contributed by atoms with E-state index in [1.807, 2.05) is 71.6 Å². The molecule has 4 nitrogen and oxygen atoms in total. The van der Waals surface area contributed by atoms with E-state index in [9.17, 15) is 15.3 Å². The Labute approximate surface area is 384 Å². The number of anilines is 3. The van der Waals surface area contributed by atoms with Gasteiger partial charge in [-0.05, 0) is 121 Å². The maximum absolute atomic E-state index is 13.4. The van der Waals surface area contributed by atoms with Crippen LogP contribution in [0.4, 0.5) is 17.1 Å². The van der Waals surface area contributed by atoms with Gasteiger partial charge in [-0.2, -0.15) is 0 Å². The molecular formula is C62H47NO3. The highest BCUT2D eigenvalue weighted by molar-refractivity contribution is 6.14. The smallest absolute Gasteiger partial charge is 0.186 e. The van der Waals surface area contributed by atoms with Crippen molar-refractivity contribution in [3.05, 3.63) is 246 Å². The third-order valence-corrected chi connectivity index (χ3v) is 13.6. The van der Waals surface area contributed by atoms with Gasteiger partial charge in [-0.1, -0.05) is 195 Å². The lowest BCUT2D eigenvalue weighted by Crippen LogP contribution is -2.29. The first-order chi connectivity index (χ1) is 32.4. The SMILES string of the molecule is CC/C=C\C1=C(C)C(c2ccccc2)(c2ccccc2)c2c(O)c(N(c3ccc(-c4cccc5ccccc45)cc3)c3ccc(-c4cc5ccccc5c5ccccc45)cc3)c(O)c(O)c21. The summed E-state index contributed by atoms with van der Waals surface area (Å²) in [5.41, 5.74) is 9.15. The van der Waals surface area contributed by atoms with E-state index in [4.69, 9.17) is 0 Å². The van der Waals surface area contributed by atoms with E-state index in [-0.39, 0.29) is 17.2 Å². The van der Waals surface area contributed by atoms with Crippen molar-refractivity contribution in [2.75, 3.05) is 4.90 Å². The molecule has 0 radical (unpaired) electrons. The van der Waals surface area contributed by atoms with Gasteiger partial charge >= 0.3 is 0 Å². The van der Waals surface area contributed by atoms with Crippen LogP contribution >= 0.6 is 0 Å². The fraction of sp³-hybridized carbons (Fsp3) is 0.0645. The van der Waals surface area contributed by atoms with Crippen molar-refractivity contribution in [2.45, 2.75) is 25.7 Å². The van der Waals surface area contributed by atoms with E-state index >= 15 is 0 Å². The Bertz CT molecular complexity index is 3490. The Hall–Kier alpha value is -8.34. The Morgan fingerprint density at radius 3 is 1.61 bits per heavy atom. The summed E-state index contributed by atoms with van der Waals surface area (Å²) >= 11 is 0. The van der Waals surface area contributed by atoms with Crippen LogP contribution in [-0.2, 0) is 5.41 Å². The Kier molecular flexibility index (Phi) is 10.0. The molecule has 4 heteroatoms. The minimum atomic E-state index is -1.03. The van der Waals surface area contributed by atoms with Gasteiger partial charge in [0, 0.05) is 22.5 Å². The van der Waals surface area contributed by atoms with Gasteiger partial charge in [-0.15, -0.1) is 0 Å². The van der Waals surface area contributed by atoms with Gasteiger partial charge in [0.25, 0.3) is 0 Å². The van der Waals surface area contributed by atoms with E-state index in [1.165, 1.54) is 10.8 Å². The van der Waals surface area contributed by atoms with Crippen molar-refractivity contribution in [3.63, 3.8) is 0 Å². The number of benzene rings is 10. The van der Waals surface area contributed by atoms with Crippen LogP contribution in [0.2, 0.25) is 0 Å². The Balaban J connectivity index is 1.16. The van der Waals surface area contributed by atoms with Crippen LogP contribution in [0, 0.1) is 0 Å². The first kappa shape index (κ1) is 40.4. The molecule has 0 heterocycles. The molecule has 0 saturated carbocycles. The first-order valence-electron chi connectivity index (χ1n) is 22.6. The van der Waals surface area contributed by atoms with Gasteiger partial charge in [0.15, 0.2) is 11.5 Å². The fourth-order valence-electron chi connectivity index (χ4n) is 10.6. The zero-order valence-electron chi connectivity index (χ0n) is 36.8. The zero-order chi connectivity index (χ0) is 44.9. The van der Waals surface area contributed by atoms with Gasteiger partial charge in [0.05, 0.1) is 5.41 Å². The van der Waals surface area contributed by atoms with E-state index in [1.54, 1.807) is 0 Å². The average molecular weight is 854 g/mol. The van der Waals surface area contributed by atoms with E-state index in [0.717, 1.165) is 72.5 Å². The predicted octanol–water partition coefficient (Wildman–Crippen LogP) is 16.2. The van der Waals surface area contributed by atoms with Gasteiger partial charge in [-0.3, -0.25) is 0 Å². The maximum Gasteiger partial charge on any atom is 0.186 e. The fourth-order valence-corrected chi connectivity index (χ4v) is 10.6. The summed E-state index contributed by atoms with van der Waals surface area (Å²) in [5.74, 6) is -0.839. The molecule has 0 fully saturated rings. The second-order valence-electron chi connectivity index (χ2n) is 17.1. The minimum absolute atomic E-state index is 0.0813. The monoisotopic (exact) mass is 853 g/mol.